The summed E-state index contributed by atoms with van der Waals surface area (Å²) in [5, 5.41) is 0. The summed E-state index contributed by atoms with van der Waals surface area (Å²) < 4.78 is 0. The third-order valence-corrected chi connectivity index (χ3v) is 4.71. The zero-order valence-electron chi connectivity index (χ0n) is 15.2. The first kappa shape index (κ1) is 20.0. The second kappa shape index (κ2) is 14.0. The minimum atomic E-state index is 0.875. The summed E-state index contributed by atoms with van der Waals surface area (Å²) >= 11 is 0. The number of unbranched alkanes of at least 4 members (excludes halogenated alkanes) is 7. The summed E-state index contributed by atoms with van der Waals surface area (Å²) in [6, 6.07) is 0. The molecule has 0 radical (unpaired) electrons. The molecule has 20 heavy (non-hydrogen) atoms. The van der Waals surface area contributed by atoms with E-state index in [1.165, 1.54) is 77.0 Å². The molecule has 2 unspecified atom stereocenters. The van der Waals surface area contributed by atoms with E-state index in [0.29, 0.717) is 0 Å². The molecule has 0 aromatic heterocycles. The maximum Gasteiger partial charge on any atom is -0.0440 e. The summed E-state index contributed by atoms with van der Waals surface area (Å²) in [6.07, 6.45) is 17.4. The van der Waals surface area contributed by atoms with Crippen LogP contribution in [0.1, 0.15) is 112 Å². The van der Waals surface area contributed by atoms with Gasteiger partial charge in [-0.15, -0.1) is 0 Å². The molecule has 0 N–H and O–H groups in total. The fraction of sp³-hybridized carbons (Fsp3) is 1.00. The van der Waals surface area contributed by atoms with Gasteiger partial charge < -0.3 is 0 Å². The van der Waals surface area contributed by atoms with Crippen molar-refractivity contribution in [1.29, 1.82) is 0 Å². The van der Waals surface area contributed by atoms with Crippen LogP contribution in [0.4, 0.5) is 0 Å². The first-order chi connectivity index (χ1) is 9.56. The standard InChI is InChI=1S/C20H42/c1-6-19(4)15-13-11-9-7-8-10-12-14-16-20(5)17-18(2)3/h18-20H,6-17H2,1-5H3. The number of rotatable bonds is 14. The van der Waals surface area contributed by atoms with Crippen LogP contribution in [0.15, 0.2) is 0 Å². The second-order valence-corrected chi connectivity index (χ2v) is 7.65. The van der Waals surface area contributed by atoms with E-state index in [0.717, 1.165) is 17.8 Å². The molecule has 0 aliphatic carbocycles. The normalized spacial score (nSPS) is 14.7. The van der Waals surface area contributed by atoms with Gasteiger partial charge in [0, 0.05) is 0 Å². The Morgan fingerprint density at radius 1 is 0.550 bits per heavy atom. The van der Waals surface area contributed by atoms with Gasteiger partial charge in [0.2, 0.25) is 0 Å². The summed E-state index contributed by atoms with van der Waals surface area (Å²) in [4.78, 5) is 0. The van der Waals surface area contributed by atoms with Gasteiger partial charge in [0.1, 0.15) is 0 Å². The van der Waals surface area contributed by atoms with Gasteiger partial charge in [0.25, 0.3) is 0 Å². The van der Waals surface area contributed by atoms with Crippen LogP contribution >= 0.6 is 0 Å². The van der Waals surface area contributed by atoms with E-state index in [2.05, 4.69) is 34.6 Å². The lowest BCUT2D eigenvalue weighted by Gasteiger charge is -2.13. The Morgan fingerprint density at radius 2 is 0.950 bits per heavy atom. The van der Waals surface area contributed by atoms with Gasteiger partial charge in [-0.1, -0.05) is 105 Å². The van der Waals surface area contributed by atoms with Crippen molar-refractivity contribution < 1.29 is 0 Å². The van der Waals surface area contributed by atoms with Gasteiger partial charge in [-0.2, -0.15) is 0 Å². The molecular formula is C20H42. The van der Waals surface area contributed by atoms with Gasteiger partial charge >= 0.3 is 0 Å². The molecule has 0 aliphatic heterocycles. The first-order valence-electron chi connectivity index (χ1n) is 9.56. The molecule has 0 saturated heterocycles. The highest BCUT2D eigenvalue weighted by Gasteiger charge is 2.04. The van der Waals surface area contributed by atoms with Gasteiger partial charge in [-0.3, -0.25) is 0 Å². The van der Waals surface area contributed by atoms with Crippen molar-refractivity contribution >= 4 is 0 Å². The minimum absolute atomic E-state index is 0.875. The van der Waals surface area contributed by atoms with Crippen LogP contribution in [0.2, 0.25) is 0 Å². The van der Waals surface area contributed by atoms with Crippen molar-refractivity contribution in [3.63, 3.8) is 0 Å². The maximum absolute atomic E-state index is 2.43. The monoisotopic (exact) mass is 282 g/mol. The van der Waals surface area contributed by atoms with E-state index in [1.54, 1.807) is 0 Å². The molecule has 0 heteroatoms. The third kappa shape index (κ3) is 14.4. The Labute approximate surface area is 130 Å². The maximum atomic E-state index is 2.43. The van der Waals surface area contributed by atoms with Crippen LogP contribution in [0.5, 0.6) is 0 Å². The van der Waals surface area contributed by atoms with Crippen molar-refractivity contribution in [3.05, 3.63) is 0 Å². The van der Waals surface area contributed by atoms with Gasteiger partial charge in [0.15, 0.2) is 0 Å². The van der Waals surface area contributed by atoms with Crippen molar-refractivity contribution in [1.82, 2.24) is 0 Å². The van der Waals surface area contributed by atoms with Gasteiger partial charge in [-0.05, 0) is 24.2 Å². The van der Waals surface area contributed by atoms with Crippen molar-refractivity contribution in [2.45, 2.75) is 112 Å². The fourth-order valence-corrected chi connectivity index (χ4v) is 3.17. The zero-order valence-corrected chi connectivity index (χ0v) is 15.2. The lowest BCUT2D eigenvalue weighted by Crippen LogP contribution is -1.99. The highest BCUT2D eigenvalue weighted by atomic mass is 14.1. The average molecular weight is 283 g/mol. The quantitative estimate of drug-likeness (QED) is 0.287. The summed E-state index contributed by atoms with van der Waals surface area (Å²) in [5.74, 6) is 2.76. The molecule has 0 heterocycles. The molecule has 0 spiro atoms. The average Bonchev–Trinajstić information content (AvgIpc) is 2.39. The Hall–Kier alpha value is 0. The molecule has 0 aromatic carbocycles. The lowest BCUT2D eigenvalue weighted by molar-refractivity contribution is 0.397. The number of hydrogen-bond donors (Lipinski definition) is 0. The second-order valence-electron chi connectivity index (χ2n) is 7.65. The van der Waals surface area contributed by atoms with E-state index in [9.17, 15) is 0 Å². The minimum Gasteiger partial charge on any atom is -0.0651 e. The molecule has 0 saturated carbocycles. The lowest BCUT2D eigenvalue weighted by atomic mass is 9.93. The van der Waals surface area contributed by atoms with E-state index in [4.69, 9.17) is 0 Å². The van der Waals surface area contributed by atoms with Crippen molar-refractivity contribution in [3.8, 4) is 0 Å². The molecule has 0 aliphatic rings. The third-order valence-electron chi connectivity index (χ3n) is 4.71. The van der Waals surface area contributed by atoms with Crippen LogP contribution in [-0.4, -0.2) is 0 Å². The Balaban J connectivity index is 3.13. The van der Waals surface area contributed by atoms with Crippen LogP contribution in [0.25, 0.3) is 0 Å². The summed E-state index contributed by atoms with van der Waals surface area (Å²) in [7, 11) is 0. The Bertz CT molecular complexity index is 182. The SMILES string of the molecule is CCC(C)CCCCCCCCCCC(C)CC(C)C. The Morgan fingerprint density at radius 3 is 1.35 bits per heavy atom. The largest absolute Gasteiger partial charge is 0.0651 e. The van der Waals surface area contributed by atoms with E-state index in [-0.39, 0.29) is 0 Å². The van der Waals surface area contributed by atoms with Crippen LogP contribution in [0, 0.1) is 17.8 Å². The molecule has 0 aromatic rings. The van der Waals surface area contributed by atoms with Crippen LogP contribution in [-0.2, 0) is 0 Å². The molecule has 0 rings (SSSR count). The molecular weight excluding hydrogens is 240 g/mol. The topological polar surface area (TPSA) is 0 Å². The predicted octanol–water partition coefficient (Wildman–Crippen LogP) is 7.62. The number of hydrogen-bond acceptors (Lipinski definition) is 0. The molecule has 2 atom stereocenters. The molecule has 0 bridgehead atoms. The predicted molar refractivity (Wildman–Crippen MR) is 94.2 cm³/mol. The summed E-state index contributed by atoms with van der Waals surface area (Å²) in [5.41, 5.74) is 0. The zero-order chi connectivity index (χ0) is 15.2. The molecule has 122 valence electrons. The molecule has 0 amide bonds. The Kier molecular flexibility index (Phi) is 14.0. The molecule has 0 nitrogen and oxygen atoms in total. The summed E-state index contributed by atoms with van der Waals surface area (Å²) in [6.45, 7) is 11.8. The fourth-order valence-electron chi connectivity index (χ4n) is 3.17. The smallest absolute Gasteiger partial charge is 0.0440 e. The highest BCUT2D eigenvalue weighted by Crippen LogP contribution is 2.19. The van der Waals surface area contributed by atoms with Gasteiger partial charge in [0.05, 0.1) is 0 Å². The van der Waals surface area contributed by atoms with Crippen LogP contribution < -0.4 is 0 Å². The molecule has 0 fully saturated rings. The first-order valence-corrected chi connectivity index (χ1v) is 9.56. The van der Waals surface area contributed by atoms with Crippen molar-refractivity contribution in [2.75, 3.05) is 0 Å². The van der Waals surface area contributed by atoms with Crippen LogP contribution in [0.3, 0.4) is 0 Å². The van der Waals surface area contributed by atoms with E-state index >= 15 is 0 Å². The highest BCUT2D eigenvalue weighted by molar-refractivity contribution is 4.57. The van der Waals surface area contributed by atoms with E-state index in [1.807, 2.05) is 0 Å². The van der Waals surface area contributed by atoms with E-state index < -0.39 is 0 Å². The van der Waals surface area contributed by atoms with Gasteiger partial charge in [-0.25, -0.2) is 0 Å². The van der Waals surface area contributed by atoms with Crippen molar-refractivity contribution in [2.24, 2.45) is 17.8 Å².